The van der Waals surface area contributed by atoms with Crippen molar-refractivity contribution in [2.24, 2.45) is 5.92 Å². The topological polar surface area (TPSA) is 49.3 Å². The lowest BCUT2D eigenvalue weighted by molar-refractivity contribution is -0.126. The molecule has 2 saturated carbocycles. The number of carbonyl (C=O) groups is 1. The molecule has 0 unspecified atom stereocenters. The van der Waals surface area contributed by atoms with Crippen LogP contribution in [0.1, 0.15) is 70.6 Å². The number of aliphatic hydroxyl groups is 1. The fraction of sp³-hybridized carbons (Fsp3) is 0.933. The van der Waals surface area contributed by atoms with Crippen molar-refractivity contribution in [1.82, 2.24) is 5.32 Å². The molecule has 104 valence electrons. The molecular weight excluding hydrogens is 226 g/mol. The van der Waals surface area contributed by atoms with Crippen LogP contribution in [0.4, 0.5) is 0 Å². The van der Waals surface area contributed by atoms with Crippen LogP contribution in [0.3, 0.4) is 0 Å². The fourth-order valence-corrected chi connectivity index (χ4v) is 3.26. The van der Waals surface area contributed by atoms with Gasteiger partial charge in [0.05, 0.1) is 6.10 Å². The summed E-state index contributed by atoms with van der Waals surface area (Å²) in [5.41, 5.74) is 0. The van der Waals surface area contributed by atoms with Gasteiger partial charge in [-0.25, -0.2) is 0 Å². The summed E-state index contributed by atoms with van der Waals surface area (Å²) in [5.74, 6) is 0.524. The number of nitrogens with one attached hydrogen (secondary N) is 1. The molecule has 0 spiro atoms. The van der Waals surface area contributed by atoms with Gasteiger partial charge in [-0.15, -0.1) is 0 Å². The molecule has 2 fully saturated rings. The predicted molar refractivity (Wildman–Crippen MR) is 72.2 cm³/mol. The molecule has 3 heteroatoms. The molecule has 0 aromatic rings. The lowest BCUT2D eigenvalue weighted by atomic mass is 9.89. The number of rotatable bonds is 2. The Labute approximate surface area is 110 Å². The van der Waals surface area contributed by atoms with E-state index in [1.54, 1.807) is 0 Å². The molecule has 2 rings (SSSR count). The highest BCUT2D eigenvalue weighted by molar-refractivity contribution is 5.78. The minimum absolute atomic E-state index is 0.139. The van der Waals surface area contributed by atoms with Crippen molar-refractivity contribution in [3.8, 4) is 0 Å². The molecule has 0 saturated heterocycles. The van der Waals surface area contributed by atoms with Crippen LogP contribution >= 0.6 is 0 Å². The second-order valence-electron chi connectivity index (χ2n) is 6.06. The van der Waals surface area contributed by atoms with Crippen LogP contribution in [0.2, 0.25) is 0 Å². The molecule has 0 aromatic carbocycles. The van der Waals surface area contributed by atoms with Crippen LogP contribution in [-0.2, 0) is 4.79 Å². The van der Waals surface area contributed by atoms with E-state index in [9.17, 15) is 9.90 Å². The zero-order valence-corrected chi connectivity index (χ0v) is 11.4. The maximum absolute atomic E-state index is 12.2. The van der Waals surface area contributed by atoms with Crippen LogP contribution in [-0.4, -0.2) is 23.2 Å². The Balaban J connectivity index is 1.75. The quantitative estimate of drug-likeness (QED) is 0.795. The van der Waals surface area contributed by atoms with Gasteiger partial charge in [-0.3, -0.25) is 4.79 Å². The Hall–Kier alpha value is -0.570. The molecule has 2 aliphatic carbocycles. The highest BCUT2D eigenvalue weighted by atomic mass is 16.3. The molecule has 1 amide bonds. The van der Waals surface area contributed by atoms with Gasteiger partial charge in [0, 0.05) is 12.0 Å². The van der Waals surface area contributed by atoms with Crippen LogP contribution in [0.5, 0.6) is 0 Å². The van der Waals surface area contributed by atoms with Crippen molar-refractivity contribution in [1.29, 1.82) is 0 Å². The van der Waals surface area contributed by atoms with Crippen molar-refractivity contribution in [2.75, 3.05) is 0 Å². The van der Waals surface area contributed by atoms with Gasteiger partial charge in [-0.1, -0.05) is 32.1 Å². The van der Waals surface area contributed by atoms with E-state index in [2.05, 4.69) is 5.32 Å². The molecule has 0 atom stereocenters. The fourth-order valence-electron chi connectivity index (χ4n) is 3.26. The molecule has 0 aliphatic heterocycles. The van der Waals surface area contributed by atoms with E-state index in [4.69, 9.17) is 0 Å². The maximum atomic E-state index is 12.2. The van der Waals surface area contributed by atoms with Crippen LogP contribution in [0, 0.1) is 5.92 Å². The molecule has 3 nitrogen and oxygen atoms in total. The second kappa shape index (κ2) is 7.13. The predicted octanol–water partition coefficient (Wildman–Crippen LogP) is 2.77. The standard InChI is InChI=1S/C15H27NO2/c17-14-10-8-13(9-11-14)16-15(18)12-6-4-2-1-3-5-7-12/h12-14,17H,1-11H2,(H,16,18). The molecule has 0 aromatic heterocycles. The van der Waals surface area contributed by atoms with Crippen molar-refractivity contribution in [2.45, 2.75) is 82.8 Å². The summed E-state index contributed by atoms with van der Waals surface area (Å²) in [5, 5.41) is 12.7. The lowest BCUT2D eigenvalue weighted by Crippen LogP contribution is -2.41. The summed E-state index contributed by atoms with van der Waals surface area (Å²) < 4.78 is 0. The Bertz CT molecular complexity index is 251. The first-order valence-electron chi connectivity index (χ1n) is 7.74. The third-order valence-corrected chi connectivity index (χ3v) is 4.52. The molecule has 18 heavy (non-hydrogen) atoms. The zero-order valence-electron chi connectivity index (χ0n) is 11.4. The monoisotopic (exact) mass is 253 g/mol. The summed E-state index contributed by atoms with van der Waals surface area (Å²) in [6.07, 6.45) is 11.9. The summed E-state index contributed by atoms with van der Waals surface area (Å²) in [4.78, 5) is 12.2. The number of amides is 1. The minimum atomic E-state index is -0.139. The third kappa shape index (κ3) is 4.27. The Morgan fingerprint density at radius 3 is 2.00 bits per heavy atom. The van der Waals surface area contributed by atoms with Crippen molar-refractivity contribution >= 4 is 5.91 Å². The van der Waals surface area contributed by atoms with Gasteiger partial charge in [0.15, 0.2) is 0 Å². The van der Waals surface area contributed by atoms with Crippen LogP contribution in [0.15, 0.2) is 0 Å². The number of hydrogen-bond acceptors (Lipinski definition) is 2. The van der Waals surface area contributed by atoms with E-state index in [0.29, 0.717) is 6.04 Å². The highest BCUT2D eigenvalue weighted by Crippen LogP contribution is 2.24. The highest BCUT2D eigenvalue weighted by Gasteiger charge is 2.24. The summed E-state index contributed by atoms with van der Waals surface area (Å²) in [6, 6.07) is 0.311. The van der Waals surface area contributed by atoms with E-state index >= 15 is 0 Å². The number of carbonyl (C=O) groups excluding carboxylic acids is 1. The van der Waals surface area contributed by atoms with Gasteiger partial charge in [0.2, 0.25) is 5.91 Å². The van der Waals surface area contributed by atoms with Gasteiger partial charge in [-0.2, -0.15) is 0 Å². The summed E-state index contributed by atoms with van der Waals surface area (Å²) in [7, 11) is 0. The first kappa shape index (κ1) is 13.9. The Morgan fingerprint density at radius 1 is 0.833 bits per heavy atom. The second-order valence-corrected chi connectivity index (χ2v) is 6.06. The van der Waals surface area contributed by atoms with Crippen molar-refractivity contribution in [3.63, 3.8) is 0 Å². The normalized spacial score (nSPS) is 31.4. The van der Waals surface area contributed by atoms with Gasteiger partial charge in [-0.05, 0) is 38.5 Å². The number of aliphatic hydroxyl groups excluding tert-OH is 1. The molecule has 0 heterocycles. The molecule has 2 N–H and O–H groups in total. The average Bonchev–Trinajstić information content (AvgIpc) is 2.31. The smallest absolute Gasteiger partial charge is 0.223 e. The molecule has 0 radical (unpaired) electrons. The van der Waals surface area contributed by atoms with E-state index in [-0.39, 0.29) is 17.9 Å². The van der Waals surface area contributed by atoms with Crippen LogP contribution < -0.4 is 5.32 Å². The maximum Gasteiger partial charge on any atom is 0.223 e. The van der Waals surface area contributed by atoms with Crippen molar-refractivity contribution in [3.05, 3.63) is 0 Å². The number of hydrogen-bond donors (Lipinski definition) is 2. The lowest BCUT2D eigenvalue weighted by Gasteiger charge is -2.28. The van der Waals surface area contributed by atoms with Gasteiger partial charge >= 0.3 is 0 Å². The first-order chi connectivity index (χ1) is 8.75. The van der Waals surface area contributed by atoms with Crippen molar-refractivity contribution < 1.29 is 9.90 Å². The van der Waals surface area contributed by atoms with Gasteiger partial charge in [0.25, 0.3) is 0 Å². The Kier molecular flexibility index (Phi) is 5.48. The Morgan fingerprint density at radius 2 is 1.39 bits per heavy atom. The third-order valence-electron chi connectivity index (χ3n) is 4.52. The van der Waals surface area contributed by atoms with E-state index in [1.807, 2.05) is 0 Å². The van der Waals surface area contributed by atoms with Crippen LogP contribution in [0.25, 0.3) is 0 Å². The molecule has 2 aliphatic rings. The largest absolute Gasteiger partial charge is 0.393 e. The van der Waals surface area contributed by atoms with E-state index < -0.39 is 0 Å². The molecular formula is C15H27NO2. The van der Waals surface area contributed by atoms with E-state index in [1.165, 1.54) is 32.1 Å². The SMILES string of the molecule is O=C(NC1CCC(O)CC1)C1CCCCCCC1. The summed E-state index contributed by atoms with van der Waals surface area (Å²) in [6.45, 7) is 0. The van der Waals surface area contributed by atoms with Gasteiger partial charge in [0.1, 0.15) is 0 Å². The van der Waals surface area contributed by atoms with E-state index in [0.717, 1.165) is 38.5 Å². The van der Waals surface area contributed by atoms with Gasteiger partial charge < -0.3 is 10.4 Å². The summed E-state index contributed by atoms with van der Waals surface area (Å²) >= 11 is 0. The molecule has 0 bridgehead atoms. The average molecular weight is 253 g/mol. The first-order valence-corrected chi connectivity index (χ1v) is 7.74. The zero-order chi connectivity index (χ0) is 12.8. The minimum Gasteiger partial charge on any atom is -0.393 e.